The van der Waals surface area contributed by atoms with Crippen LogP contribution < -0.4 is 11.2 Å². The number of aromatic nitrogens is 3. The summed E-state index contributed by atoms with van der Waals surface area (Å²) >= 11 is 0. The number of hydrogen-bond donors (Lipinski definition) is 2. The van der Waals surface area contributed by atoms with Crippen LogP contribution in [-0.4, -0.2) is 27.8 Å². The maximum atomic E-state index is 15.3. The first-order valence-electron chi connectivity index (χ1n) is 9.59. The van der Waals surface area contributed by atoms with Gasteiger partial charge in [-0.1, -0.05) is 13.0 Å². The molecule has 3 N–H and O–H groups in total. The van der Waals surface area contributed by atoms with Crippen molar-refractivity contribution in [1.29, 1.82) is 0 Å². The van der Waals surface area contributed by atoms with Gasteiger partial charge in [-0.2, -0.15) is 0 Å². The average Bonchev–Trinajstić information content (AvgIpc) is 3.46. The molecular weight excluding hydrogens is 392 g/mol. The molecule has 1 atom stereocenters. The zero-order valence-corrected chi connectivity index (χ0v) is 17.2. The van der Waals surface area contributed by atoms with E-state index in [4.69, 9.17) is 14.8 Å². The molecule has 2 heterocycles. The largest absolute Gasteiger partial charge is 0.438 e. The summed E-state index contributed by atoms with van der Waals surface area (Å²) in [5, 5.41) is 0. The second kappa shape index (κ2) is 8.43. The summed E-state index contributed by atoms with van der Waals surface area (Å²) in [4.78, 5) is 12.7. The second-order valence-electron chi connectivity index (χ2n) is 7.02. The first-order valence-corrected chi connectivity index (χ1v) is 11.5. The molecule has 7 nitrogen and oxygen atoms in total. The quantitative estimate of drug-likeness (QED) is 0.386. The molecule has 0 amide bonds. The predicted molar refractivity (Wildman–Crippen MR) is 112 cm³/mol. The number of halogens is 1. The highest BCUT2D eigenvalue weighted by Crippen LogP contribution is 2.44. The topological polar surface area (TPSA) is 99.1 Å². The average molecular weight is 415 g/mol. The summed E-state index contributed by atoms with van der Waals surface area (Å²) in [6.07, 6.45) is 5.53. The van der Waals surface area contributed by atoms with Gasteiger partial charge in [-0.05, 0) is 50.3 Å². The van der Waals surface area contributed by atoms with Gasteiger partial charge in [0, 0.05) is 17.7 Å². The number of nitrogen functional groups attached to an aromatic ring is 1. The van der Waals surface area contributed by atoms with Crippen molar-refractivity contribution >= 4 is 19.8 Å². The number of nitrogens with two attached hydrogens (primary N) is 1. The van der Waals surface area contributed by atoms with E-state index < -0.39 is 14.0 Å². The molecule has 29 heavy (non-hydrogen) atoms. The van der Waals surface area contributed by atoms with Crippen molar-refractivity contribution < 1.29 is 13.4 Å². The lowest BCUT2D eigenvalue weighted by Crippen LogP contribution is -2.02. The van der Waals surface area contributed by atoms with Crippen LogP contribution in [0.15, 0.2) is 34.9 Å². The van der Waals surface area contributed by atoms with Crippen molar-refractivity contribution in [2.45, 2.75) is 32.1 Å². The minimum absolute atomic E-state index is 0.120. The van der Waals surface area contributed by atoms with Crippen molar-refractivity contribution in [3.05, 3.63) is 42.2 Å². The molecule has 0 aliphatic heterocycles. The Kier molecular flexibility index (Phi) is 5.74. The SMILES string of the molecule is CCCP(C)ONc1cccc(-c2nc(C3CC3)oc2-c2ccnc(N)n2)c1F. The van der Waals surface area contributed by atoms with E-state index in [1.165, 1.54) is 0 Å². The summed E-state index contributed by atoms with van der Waals surface area (Å²) in [6, 6.07) is 6.74. The molecule has 1 aliphatic rings. The summed E-state index contributed by atoms with van der Waals surface area (Å²) in [5.41, 5.74) is 9.95. The van der Waals surface area contributed by atoms with Crippen molar-refractivity contribution in [1.82, 2.24) is 15.0 Å². The lowest BCUT2D eigenvalue weighted by molar-refractivity contribution is 0.445. The van der Waals surface area contributed by atoms with Crippen LogP contribution in [0.25, 0.3) is 22.7 Å². The molecule has 1 unspecified atom stereocenters. The Balaban J connectivity index is 1.72. The number of rotatable bonds is 8. The zero-order chi connectivity index (χ0) is 20.4. The molecule has 9 heteroatoms. The standard InChI is InChI=1S/C20H23FN5O2P/c1-3-11-29(2)28-26-14-6-4-5-13(16(14)21)17-18(15-9-10-23-20(22)24-15)27-19(25-17)12-7-8-12/h4-6,9-10,12,26H,3,7-8,11H2,1-2H3,(H2,22,23,24). The van der Waals surface area contributed by atoms with Crippen LogP contribution in [0.1, 0.15) is 38.0 Å². The van der Waals surface area contributed by atoms with Crippen LogP contribution in [-0.2, 0) is 4.62 Å². The number of benzene rings is 1. The van der Waals surface area contributed by atoms with Gasteiger partial charge in [-0.3, -0.25) is 10.1 Å². The minimum Gasteiger partial charge on any atom is -0.438 e. The molecule has 4 rings (SSSR count). The van der Waals surface area contributed by atoms with Gasteiger partial charge in [0.15, 0.2) is 17.5 Å². The summed E-state index contributed by atoms with van der Waals surface area (Å²) in [5.74, 6) is 0.927. The number of anilines is 2. The van der Waals surface area contributed by atoms with Crippen LogP contribution >= 0.6 is 8.15 Å². The molecule has 152 valence electrons. The Labute approximate surface area is 169 Å². The summed E-state index contributed by atoms with van der Waals surface area (Å²) in [7, 11) is -0.666. The fraction of sp³-hybridized carbons (Fsp3) is 0.350. The smallest absolute Gasteiger partial charge is 0.220 e. The molecule has 1 fully saturated rings. The molecule has 0 spiro atoms. The third kappa shape index (κ3) is 4.38. The van der Waals surface area contributed by atoms with E-state index in [2.05, 4.69) is 27.4 Å². The van der Waals surface area contributed by atoms with Gasteiger partial charge in [0.2, 0.25) is 5.95 Å². The van der Waals surface area contributed by atoms with Gasteiger partial charge in [-0.15, -0.1) is 0 Å². The van der Waals surface area contributed by atoms with Crippen LogP contribution in [0.2, 0.25) is 0 Å². The first-order chi connectivity index (χ1) is 14.1. The number of oxazole rings is 1. The molecule has 0 bridgehead atoms. The van der Waals surface area contributed by atoms with E-state index in [1.807, 2.05) is 6.66 Å². The van der Waals surface area contributed by atoms with E-state index in [0.29, 0.717) is 28.6 Å². The third-order valence-electron chi connectivity index (χ3n) is 4.58. The highest BCUT2D eigenvalue weighted by atomic mass is 31.1. The van der Waals surface area contributed by atoms with E-state index in [9.17, 15) is 0 Å². The van der Waals surface area contributed by atoms with E-state index >= 15 is 4.39 Å². The highest BCUT2D eigenvalue weighted by Gasteiger charge is 2.32. The summed E-state index contributed by atoms with van der Waals surface area (Å²) in [6.45, 7) is 4.09. The lowest BCUT2D eigenvalue weighted by atomic mass is 10.1. The maximum Gasteiger partial charge on any atom is 0.220 e. The predicted octanol–water partition coefficient (Wildman–Crippen LogP) is 5.18. The van der Waals surface area contributed by atoms with Gasteiger partial charge in [0.05, 0.1) is 13.8 Å². The number of nitrogens with one attached hydrogen (secondary N) is 1. The number of hydrogen-bond acceptors (Lipinski definition) is 7. The lowest BCUT2D eigenvalue weighted by Gasteiger charge is -2.14. The Morgan fingerprint density at radius 3 is 2.86 bits per heavy atom. The fourth-order valence-corrected chi connectivity index (χ4v) is 3.95. The van der Waals surface area contributed by atoms with Crippen LogP contribution in [0.5, 0.6) is 0 Å². The molecule has 1 aliphatic carbocycles. The van der Waals surface area contributed by atoms with Crippen LogP contribution in [0.4, 0.5) is 16.0 Å². The molecule has 1 aromatic carbocycles. The Morgan fingerprint density at radius 1 is 1.31 bits per heavy atom. The van der Waals surface area contributed by atoms with Crippen molar-refractivity contribution in [2.24, 2.45) is 0 Å². The van der Waals surface area contributed by atoms with Gasteiger partial charge >= 0.3 is 0 Å². The van der Waals surface area contributed by atoms with Crippen molar-refractivity contribution in [3.63, 3.8) is 0 Å². The third-order valence-corrected chi connectivity index (χ3v) is 6.06. The normalized spacial score (nSPS) is 14.7. The monoisotopic (exact) mass is 415 g/mol. The van der Waals surface area contributed by atoms with Gasteiger partial charge in [-0.25, -0.2) is 19.3 Å². The Morgan fingerprint density at radius 2 is 2.14 bits per heavy atom. The van der Waals surface area contributed by atoms with Gasteiger partial charge in [0.25, 0.3) is 0 Å². The van der Waals surface area contributed by atoms with E-state index in [-0.39, 0.29) is 17.6 Å². The van der Waals surface area contributed by atoms with Gasteiger partial charge in [0.1, 0.15) is 11.4 Å². The van der Waals surface area contributed by atoms with E-state index in [1.54, 1.807) is 30.5 Å². The Bertz CT molecular complexity index is 1010. The zero-order valence-electron chi connectivity index (χ0n) is 16.4. The van der Waals surface area contributed by atoms with E-state index in [0.717, 1.165) is 25.4 Å². The molecular formula is C20H23FN5O2P. The second-order valence-corrected chi connectivity index (χ2v) is 8.90. The van der Waals surface area contributed by atoms with Gasteiger partial charge < -0.3 is 10.2 Å². The van der Waals surface area contributed by atoms with Crippen molar-refractivity contribution in [3.8, 4) is 22.7 Å². The molecule has 1 saturated carbocycles. The fourth-order valence-electron chi connectivity index (χ4n) is 2.98. The number of nitrogens with zero attached hydrogens (tertiary/aromatic N) is 3. The summed E-state index contributed by atoms with van der Waals surface area (Å²) < 4.78 is 26.9. The minimum atomic E-state index is -0.666. The van der Waals surface area contributed by atoms with Crippen molar-refractivity contribution in [2.75, 3.05) is 24.0 Å². The first kappa shape index (κ1) is 19.7. The molecule has 0 radical (unpaired) electrons. The molecule has 0 saturated heterocycles. The van der Waals surface area contributed by atoms with Crippen LogP contribution in [0, 0.1) is 5.82 Å². The highest BCUT2D eigenvalue weighted by molar-refractivity contribution is 7.51. The Hall–Kier alpha value is -2.57. The van der Waals surface area contributed by atoms with Crippen LogP contribution in [0.3, 0.4) is 0 Å². The maximum absolute atomic E-state index is 15.3. The molecule has 3 aromatic rings. The molecule has 2 aromatic heterocycles.